The fourth-order valence-corrected chi connectivity index (χ4v) is 16.1. The Kier molecular flexibility index (Phi) is 23.5. The molecule has 120 heavy (non-hydrogen) atoms. The topological polar surface area (TPSA) is 210 Å². The third kappa shape index (κ3) is 16.9. The van der Waals surface area contributed by atoms with Crippen LogP contribution in [0.2, 0.25) is 0 Å². The number of imide groups is 2. The van der Waals surface area contributed by atoms with Crippen LogP contribution in [0.15, 0.2) is 194 Å². The van der Waals surface area contributed by atoms with Crippen LogP contribution in [0.25, 0.3) is 43.1 Å². The van der Waals surface area contributed by atoms with E-state index in [1.807, 2.05) is 139 Å². The molecule has 2 aliphatic rings. The van der Waals surface area contributed by atoms with E-state index in [4.69, 9.17) is 18.9 Å². The van der Waals surface area contributed by atoms with E-state index in [2.05, 4.69) is 107 Å². The van der Waals surface area contributed by atoms with Crippen LogP contribution in [0.1, 0.15) is 228 Å². The van der Waals surface area contributed by atoms with Crippen molar-refractivity contribution in [1.29, 1.82) is 0 Å². The predicted octanol–water partition coefficient (Wildman–Crippen LogP) is 24.0. The molecule has 2 aliphatic heterocycles. The molecule has 13 rings (SSSR count). The maximum atomic E-state index is 17.0. The summed E-state index contributed by atoms with van der Waals surface area (Å²) in [5, 5.41) is 7.76. The number of amides is 8. The number of ether oxygens (including phenoxy) is 4. The van der Waals surface area contributed by atoms with Crippen molar-refractivity contribution in [3.05, 3.63) is 239 Å². The second kappa shape index (κ2) is 33.0. The van der Waals surface area contributed by atoms with Gasteiger partial charge in [0.2, 0.25) is 11.8 Å². The Balaban J connectivity index is 1.18. The number of carbonyl (C=O) groups is 8. The fraction of sp³-hybridized carbons (Fsp3) is 0.333. The lowest BCUT2D eigenvalue weighted by Crippen LogP contribution is -2.55. The van der Waals surface area contributed by atoms with Crippen molar-refractivity contribution < 1.29 is 57.3 Å². The van der Waals surface area contributed by atoms with Crippen LogP contribution in [-0.4, -0.2) is 82.2 Å². The molecule has 0 spiro atoms. The van der Waals surface area contributed by atoms with Gasteiger partial charge in [0.15, 0.2) is 0 Å². The molecule has 620 valence electrons. The number of nitrogens with zero attached hydrogens (tertiary/aromatic N) is 4. The van der Waals surface area contributed by atoms with E-state index in [-0.39, 0.29) is 159 Å². The molecule has 18 heteroatoms. The van der Waals surface area contributed by atoms with E-state index in [9.17, 15) is 9.59 Å². The van der Waals surface area contributed by atoms with Crippen molar-refractivity contribution in [3.63, 3.8) is 0 Å². The summed E-state index contributed by atoms with van der Waals surface area (Å²) in [5.74, 6) is -3.97. The minimum Gasteiger partial charge on any atom is -0.457 e. The van der Waals surface area contributed by atoms with Gasteiger partial charge < -0.3 is 39.4 Å². The number of hydrogen-bond acceptors (Lipinski definition) is 12. The van der Waals surface area contributed by atoms with E-state index >= 15 is 28.8 Å². The van der Waals surface area contributed by atoms with Crippen LogP contribution in [0.3, 0.4) is 0 Å². The molecule has 2 atom stereocenters. The van der Waals surface area contributed by atoms with Gasteiger partial charge in [0.25, 0.3) is 35.4 Å². The van der Waals surface area contributed by atoms with Crippen LogP contribution >= 0.6 is 0 Å². The van der Waals surface area contributed by atoms with Gasteiger partial charge in [-0.2, -0.15) is 0 Å². The second-order valence-corrected chi connectivity index (χ2v) is 37.0. The van der Waals surface area contributed by atoms with Crippen molar-refractivity contribution in [3.8, 4) is 46.0 Å². The van der Waals surface area contributed by atoms with Crippen LogP contribution in [0.5, 0.6) is 46.0 Å². The van der Waals surface area contributed by atoms with Crippen molar-refractivity contribution in [1.82, 2.24) is 9.80 Å². The molecule has 18 nitrogen and oxygen atoms in total. The molecule has 0 fully saturated rings. The molecule has 0 aliphatic carbocycles. The lowest BCUT2D eigenvalue weighted by Gasteiger charge is -2.38. The first-order chi connectivity index (χ1) is 56.6. The average Bonchev–Trinajstić information content (AvgIpc) is 0.669. The first-order valence-corrected chi connectivity index (χ1v) is 41.6. The summed E-state index contributed by atoms with van der Waals surface area (Å²) in [4.78, 5) is 132. The lowest BCUT2D eigenvalue weighted by atomic mass is 9.80. The number of rotatable bonds is 26. The number of anilines is 4. The van der Waals surface area contributed by atoms with E-state index in [1.165, 1.54) is 0 Å². The summed E-state index contributed by atoms with van der Waals surface area (Å²) in [7, 11) is 0. The maximum Gasteiger partial charge on any atom is 0.262 e. The molecule has 0 radical (unpaired) electrons. The lowest BCUT2D eigenvalue weighted by molar-refractivity contribution is -0.123. The van der Waals surface area contributed by atoms with Gasteiger partial charge in [-0.25, -0.2) is 0 Å². The standard InChI is InChI=1S/C102H110N6O12/c1-23-47-105(67-29-25-27-65(51-67)103-91(109)59(7)8)97(115)77(49-57(3)4)107-93(111)73-53-79(117-69-39-31-61(32-40-69)99(11,12)13)85-87-81(119-71-43-35-63(36-44-71)101(17,18)19)55-75-84-76(96(114)108(95(75)113)78(50-58(5)6)98(116)106(48-24-2)68-30-26-28-66(52-68)104-92(110)60(9)10)56-82(120-72-45-37-64(38-46-72)102(20,21)22)88(90(84)87)86-80(54-74(94(107)112)83(73)89(85)86)118-70-41-33-62(34-42-70)100(14,15)16/h25-46,51-58,77-78H,7,9,23-24,47-50H2,1-6,8,10-22H3,(H,103,109)(H,104,110). The van der Waals surface area contributed by atoms with E-state index in [0.29, 0.717) is 58.6 Å². The molecule has 2 heterocycles. The van der Waals surface area contributed by atoms with Crippen molar-refractivity contribution in [2.45, 2.75) is 198 Å². The maximum absolute atomic E-state index is 17.0. The van der Waals surface area contributed by atoms with Crippen LogP contribution in [0.4, 0.5) is 22.7 Å². The first-order valence-electron chi connectivity index (χ1n) is 41.6. The number of carbonyl (C=O) groups excluding carboxylic acids is 8. The largest absolute Gasteiger partial charge is 0.457 e. The SMILES string of the molecule is C=C(C)C(=O)Nc1cccc(N(CCC)C(=O)C(CC(C)C)N2C(=O)c3cc(Oc4ccc(C(C)(C)C)cc4)c4c5c(Oc6ccc(C(C)(C)C)cc6)cc6c7c(cc(Oc8ccc(C(C)(C)C)cc8)c(c8c(Oc9ccc(C(C)(C)C)cc9)cc(c3c48)C2=O)c75)C(=O)N(C(CC(C)C)C(=O)N(CCC)c2cccc(NC(=O)C(=C)C)c2)C6=O)c1. The molecule has 11 aromatic carbocycles. The first kappa shape index (κ1) is 85.4. The highest BCUT2D eigenvalue weighted by Crippen LogP contribution is 2.59. The molecule has 0 aromatic heterocycles. The molecular weight excluding hydrogens is 1500 g/mol. The Morgan fingerprint density at radius 2 is 0.617 bits per heavy atom. The molecule has 0 saturated heterocycles. The summed E-state index contributed by atoms with van der Waals surface area (Å²) < 4.78 is 29.9. The molecule has 11 aromatic rings. The minimum absolute atomic E-state index is 0.00284. The van der Waals surface area contributed by atoms with Gasteiger partial charge in [0.05, 0.1) is 22.3 Å². The monoisotopic (exact) mass is 1610 g/mol. The summed E-state index contributed by atoms with van der Waals surface area (Å²) in [6.07, 6.45) is 1.00. The number of fused-ring (bicyclic) bond motifs is 2. The normalized spacial score (nSPS) is 13.7. The average molecular weight is 1610 g/mol. The van der Waals surface area contributed by atoms with Crippen molar-refractivity contribution in [2.75, 3.05) is 33.5 Å². The van der Waals surface area contributed by atoms with Gasteiger partial charge in [-0.05, 0) is 204 Å². The van der Waals surface area contributed by atoms with Gasteiger partial charge >= 0.3 is 0 Å². The number of hydrogen-bond donors (Lipinski definition) is 2. The zero-order valence-corrected chi connectivity index (χ0v) is 72.8. The van der Waals surface area contributed by atoms with Gasteiger partial charge in [-0.15, -0.1) is 0 Å². The summed E-state index contributed by atoms with van der Waals surface area (Å²) in [6.45, 7) is 48.0. The van der Waals surface area contributed by atoms with Gasteiger partial charge in [-0.3, -0.25) is 48.2 Å². The smallest absolute Gasteiger partial charge is 0.262 e. The number of benzene rings is 11. The van der Waals surface area contributed by atoms with E-state index in [1.54, 1.807) is 96.4 Å². The molecule has 0 saturated carbocycles. The Morgan fingerprint density at radius 1 is 0.367 bits per heavy atom. The molecule has 2 N–H and O–H groups in total. The van der Waals surface area contributed by atoms with Crippen LogP contribution in [-0.2, 0) is 40.8 Å². The van der Waals surface area contributed by atoms with Gasteiger partial charge in [0, 0.05) is 90.1 Å². The Bertz CT molecular complexity index is 5340. The third-order valence-electron chi connectivity index (χ3n) is 22.4. The fourth-order valence-electron chi connectivity index (χ4n) is 16.1. The third-order valence-corrected chi connectivity index (χ3v) is 22.4. The molecule has 8 amide bonds. The Hall–Kier alpha value is -12.4. The highest BCUT2D eigenvalue weighted by molar-refractivity contribution is 6.45. The summed E-state index contributed by atoms with van der Waals surface area (Å²) in [5.41, 5.74) is 5.01. The minimum atomic E-state index is -1.43. The summed E-state index contributed by atoms with van der Waals surface area (Å²) in [6, 6.07) is 48.0. The van der Waals surface area contributed by atoms with E-state index < -0.39 is 59.3 Å². The molecular formula is C102H110N6O12. The molecule has 0 bridgehead atoms. The predicted molar refractivity (Wildman–Crippen MR) is 481 cm³/mol. The quantitative estimate of drug-likeness (QED) is 0.0224. The zero-order chi connectivity index (χ0) is 86.8. The van der Waals surface area contributed by atoms with Crippen LogP contribution < -0.4 is 39.4 Å². The molecule has 2 unspecified atom stereocenters. The second-order valence-electron chi connectivity index (χ2n) is 37.0. The number of nitrogens with one attached hydrogen (secondary N) is 2. The van der Waals surface area contributed by atoms with Gasteiger partial charge in [-0.1, -0.05) is 198 Å². The highest BCUT2D eigenvalue weighted by Gasteiger charge is 2.48. The Labute approximate surface area is 704 Å². The Morgan fingerprint density at radius 3 is 0.833 bits per heavy atom. The zero-order valence-electron chi connectivity index (χ0n) is 72.8. The van der Waals surface area contributed by atoms with Crippen LogP contribution in [0, 0.1) is 11.8 Å². The van der Waals surface area contributed by atoms with E-state index in [0.717, 1.165) is 32.1 Å². The van der Waals surface area contributed by atoms with Crippen molar-refractivity contribution >= 4 is 113 Å². The highest BCUT2D eigenvalue weighted by atomic mass is 16.5. The van der Waals surface area contributed by atoms with Gasteiger partial charge in [0.1, 0.15) is 58.1 Å². The summed E-state index contributed by atoms with van der Waals surface area (Å²) >= 11 is 0. The van der Waals surface area contributed by atoms with Crippen molar-refractivity contribution in [2.24, 2.45) is 11.8 Å².